The molecule has 2 rings (SSSR count). The first kappa shape index (κ1) is 15.1. The van der Waals surface area contributed by atoms with Crippen LogP contribution in [-0.2, 0) is 0 Å². The summed E-state index contributed by atoms with van der Waals surface area (Å²) in [5.74, 6) is 1.05. The van der Waals surface area contributed by atoms with E-state index in [4.69, 9.17) is 5.73 Å². The van der Waals surface area contributed by atoms with E-state index in [1.165, 1.54) is 24.2 Å². The number of nitrogen functional groups attached to an aromatic ring is 1. The van der Waals surface area contributed by atoms with Gasteiger partial charge in [-0.25, -0.2) is 4.98 Å². The van der Waals surface area contributed by atoms with E-state index in [9.17, 15) is 4.79 Å². The molecule has 0 atom stereocenters. The summed E-state index contributed by atoms with van der Waals surface area (Å²) >= 11 is 1.37. The fourth-order valence-corrected chi connectivity index (χ4v) is 3.35. The summed E-state index contributed by atoms with van der Waals surface area (Å²) in [6, 6.07) is 0.285. The molecule has 20 heavy (non-hydrogen) atoms. The maximum absolute atomic E-state index is 12.3. The third-order valence-corrected chi connectivity index (χ3v) is 5.18. The Kier molecular flexibility index (Phi) is 4.86. The number of amides is 1. The highest BCUT2D eigenvalue weighted by Gasteiger charge is 2.23. The molecule has 1 aromatic rings. The molecule has 3 N–H and O–H groups in total. The van der Waals surface area contributed by atoms with Crippen LogP contribution in [0.25, 0.3) is 0 Å². The molecule has 6 heteroatoms. The third-order valence-electron chi connectivity index (χ3n) is 4.00. The average Bonchev–Trinajstić information content (AvgIpc) is 2.82. The second kappa shape index (κ2) is 6.43. The Morgan fingerprint density at radius 2 is 2.10 bits per heavy atom. The van der Waals surface area contributed by atoms with Crippen LogP contribution < -0.4 is 16.0 Å². The van der Waals surface area contributed by atoms with Crippen LogP contribution >= 0.6 is 11.3 Å². The Labute approximate surface area is 124 Å². The van der Waals surface area contributed by atoms with Crippen molar-refractivity contribution in [3.8, 4) is 0 Å². The van der Waals surface area contributed by atoms with E-state index in [1.807, 2.05) is 18.9 Å². The van der Waals surface area contributed by atoms with Crippen molar-refractivity contribution in [1.82, 2.24) is 10.3 Å². The molecule has 112 valence electrons. The number of nitrogens with zero attached hydrogens (tertiary/aromatic N) is 2. The highest BCUT2D eigenvalue weighted by Crippen LogP contribution is 2.28. The highest BCUT2D eigenvalue weighted by atomic mass is 32.1. The fourth-order valence-electron chi connectivity index (χ4n) is 2.44. The van der Waals surface area contributed by atoms with E-state index in [0.717, 1.165) is 30.4 Å². The van der Waals surface area contributed by atoms with Crippen LogP contribution in [0.4, 0.5) is 10.9 Å². The van der Waals surface area contributed by atoms with Crippen molar-refractivity contribution >= 4 is 28.2 Å². The van der Waals surface area contributed by atoms with Crippen molar-refractivity contribution in [2.75, 3.05) is 24.2 Å². The van der Waals surface area contributed by atoms with E-state index >= 15 is 0 Å². The topological polar surface area (TPSA) is 71.2 Å². The first-order valence-electron chi connectivity index (χ1n) is 7.29. The van der Waals surface area contributed by atoms with Crippen LogP contribution in [0.2, 0.25) is 0 Å². The van der Waals surface area contributed by atoms with Gasteiger partial charge in [-0.15, -0.1) is 0 Å². The van der Waals surface area contributed by atoms with Gasteiger partial charge in [0.15, 0.2) is 5.13 Å². The molecule has 1 aromatic heterocycles. The van der Waals surface area contributed by atoms with E-state index in [0.29, 0.717) is 10.7 Å². The predicted octanol–water partition coefficient (Wildman–Crippen LogP) is 2.49. The Morgan fingerprint density at radius 1 is 1.45 bits per heavy atom. The Bertz CT molecular complexity index is 466. The van der Waals surface area contributed by atoms with Gasteiger partial charge in [-0.1, -0.05) is 18.3 Å². The number of carbonyl (C=O) groups is 1. The van der Waals surface area contributed by atoms with Crippen LogP contribution in [0.15, 0.2) is 0 Å². The van der Waals surface area contributed by atoms with Crippen LogP contribution in [0.5, 0.6) is 0 Å². The maximum Gasteiger partial charge on any atom is 0.265 e. The molecule has 0 aromatic carbocycles. The van der Waals surface area contributed by atoms with Crippen molar-refractivity contribution in [2.24, 2.45) is 5.92 Å². The van der Waals surface area contributed by atoms with Gasteiger partial charge in [0.05, 0.1) is 0 Å². The molecule has 1 heterocycles. The molecule has 0 unspecified atom stereocenters. The normalized spacial score (nSPS) is 22.6. The molecule has 0 aliphatic heterocycles. The number of rotatable bonds is 4. The number of nitrogens with one attached hydrogen (secondary N) is 1. The van der Waals surface area contributed by atoms with Gasteiger partial charge in [0.25, 0.3) is 5.91 Å². The van der Waals surface area contributed by atoms with E-state index in [-0.39, 0.29) is 11.9 Å². The van der Waals surface area contributed by atoms with Gasteiger partial charge >= 0.3 is 0 Å². The smallest absolute Gasteiger partial charge is 0.265 e. The number of anilines is 2. The number of aromatic nitrogens is 1. The number of carbonyl (C=O) groups excluding carboxylic acids is 1. The van der Waals surface area contributed by atoms with E-state index in [2.05, 4.69) is 17.2 Å². The number of nitrogens with two attached hydrogens (primary N) is 1. The predicted molar refractivity (Wildman–Crippen MR) is 84.4 cm³/mol. The molecule has 1 amide bonds. The standard InChI is InChI=1S/C14H24N4OS/c1-4-18(3)14-17-12(15)11(20-14)13(19)16-10-7-5-9(2)6-8-10/h9-10H,4-8,15H2,1-3H3,(H,16,19). The summed E-state index contributed by atoms with van der Waals surface area (Å²) in [6.07, 6.45) is 4.50. The van der Waals surface area contributed by atoms with Gasteiger partial charge in [-0.2, -0.15) is 0 Å². The van der Waals surface area contributed by atoms with Gasteiger partial charge in [-0.05, 0) is 38.5 Å². The minimum atomic E-state index is -0.0738. The van der Waals surface area contributed by atoms with Gasteiger partial charge in [-0.3, -0.25) is 4.79 Å². The average molecular weight is 296 g/mol. The maximum atomic E-state index is 12.3. The Morgan fingerprint density at radius 3 is 2.70 bits per heavy atom. The molecular formula is C14H24N4OS. The molecule has 5 nitrogen and oxygen atoms in total. The highest BCUT2D eigenvalue weighted by molar-refractivity contribution is 7.18. The summed E-state index contributed by atoms with van der Waals surface area (Å²) in [4.78, 5) is 19.1. The lowest BCUT2D eigenvalue weighted by Gasteiger charge is -2.26. The van der Waals surface area contributed by atoms with Crippen molar-refractivity contribution < 1.29 is 4.79 Å². The molecule has 0 radical (unpaired) electrons. The third kappa shape index (κ3) is 3.42. The van der Waals surface area contributed by atoms with Crippen LogP contribution in [0.1, 0.15) is 49.2 Å². The first-order chi connectivity index (χ1) is 9.51. The number of hydrogen-bond donors (Lipinski definition) is 2. The minimum Gasteiger partial charge on any atom is -0.382 e. The summed E-state index contributed by atoms with van der Waals surface area (Å²) in [5.41, 5.74) is 5.87. The zero-order valence-electron chi connectivity index (χ0n) is 12.5. The summed E-state index contributed by atoms with van der Waals surface area (Å²) in [7, 11) is 1.95. The molecule has 1 aliphatic carbocycles. The van der Waals surface area contributed by atoms with Gasteiger partial charge in [0.2, 0.25) is 0 Å². The zero-order chi connectivity index (χ0) is 14.7. The second-order valence-electron chi connectivity index (χ2n) is 5.66. The molecule has 1 aliphatic rings. The molecule has 1 saturated carbocycles. The fraction of sp³-hybridized carbons (Fsp3) is 0.714. The molecule has 1 fully saturated rings. The first-order valence-corrected chi connectivity index (χ1v) is 8.11. The lowest BCUT2D eigenvalue weighted by atomic mass is 9.87. The number of thiazole rings is 1. The SMILES string of the molecule is CCN(C)c1nc(N)c(C(=O)NC2CCC(C)CC2)s1. The molecule has 0 saturated heterocycles. The van der Waals surface area contributed by atoms with E-state index < -0.39 is 0 Å². The second-order valence-corrected chi connectivity index (χ2v) is 6.63. The molecule has 0 bridgehead atoms. The number of hydrogen-bond acceptors (Lipinski definition) is 5. The van der Waals surface area contributed by atoms with E-state index in [1.54, 1.807) is 0 Å². The van der Waals surface area contributed by atoms with Gasteiger partial charge < -0.3 is 16.0 Å². The quantitative estimate of drug-likeness (QED) is 0.895. The Hall–Kier alpha value is -1.30. The molecular weight excluding hydrogens is 272 g/mol. The largest absolute Gasteiger partial charge is 0.382 e. The Balaban J connectivity index is 2.00. The summed E-state index contributed by atoms with van der Waals surface area (Å²) in [5, 5.41) is 3.90. The van der Waals surface area contributed by atoms with Gasteiger partial charge in [0.1, 0.15) is 10.7 Å². The summed E-state index contributed by atoms with van der Waals surface area (Å²) in [6.45, 7) is 5.15. The molecule has 0 spiro atoms. The summed E-state index contributed by atoms with van der Waals surface area (Å²) < 4.78 is 0. The monoisotopic (exact) mass is 296 g/mol. The lowest BCUT2D eigenvalue weighted by molar-refractivity contribution is 0.0928. The minimum absolute atomic E-state index is 0.0738. The van der Waals surface area contributed by atoms with Crippen LogP contribution in [0, 0.1) is 5.92 Å². The van der Waals surface area contributed by atoms with Crippen molar-refractivity contribution in [2.45, 2.75) is 45.6 Å². The lowest BCUT2D eigenvalue weighted by Crippen LogP contribution is -2.37. The zero-order valence-corrected chi connectivity index (χ0v) is 13.3. The van der Waals surface area contributed by atoms with Crippen LogP contribution in [-0.4, -0.2) is 30.5 Å². The van der Waals surface area contributed by atoms with Crippen molar-refractivity contribution in [1.29, 1.82) is 0 Å². The van der Waals surface area contributed by atoms with Crippen molar-refractivity contribution in [3.63, 3.8) is 0 Å². The van der Waals surface area contributed by atoms with Crippen molar-refractivity contribution in [3.05, 3.63) is 4.88 Å². The van der Waals surface area contributed by atoms with Gasteiger partial charge in [0, 0.05) is 19.6 Å². The van der Waals surface area contributed by atoms with Crippen LogP contribution in [0.3, 0.4) is 0 Å².